The number of piperidine rings is 1. The zero-order valence-electron chi connectivity index (χ0n) is 12.6. The lowest BCUT2D eigenvalue weighted by molar-refractivity contribution is -0.126. The predicted octanol–water partition coefficient (Wildman–Crippen LogP) is 1.38. The Balaban J connectivity index is 1.45. The summed E-state index contributed by atoms with van der Waals surface area (Å²) in [6, 6.07) is 10.9. The van der Waals surface area contributed by atoms with Gasteiger partial charge in [0.1, 0.15) is 0 Å². The zero-order valence-corrected chi connectivity index (χ0v) is 12.6. The lowest BCUT2D eigenvalue weighted by Crippen LogP contribution is -2.45. The van der Waals surface area contributed by atoms with Gasteiger partial charge >= 0.3 is 0 Å². The van der Waals surface area contributed by atoms with Crippen LogP contribution in [0.3, 0.4) is 0 Å². The highest BCUT2D eigenvalue weighted by atomic mass is 16.2. The van der Waals surface area contributed by atoms with Crippen LogP contribution >= 0.6 is 0 Å². The third kappa shape index (κ3) is 4.05. The average molecular weight is 287 g/mol. The number of rotatable bonds is 4. The van der Waals surface area contributed by atoms with E-state index in [1.54, 1.807) is 0 Å². The SMILES string of the molecule is O=C(NC1CCN(Cc2ccccc2)C1)[C@@H]1CCCNC1. The molecular weight excluding hydrogens is 262 g/mol. The standard InChI is InChI=1S/C17H25N3O/c21-17(15-7-4-9-18-11-15)19-16-8-10-20(13-16)12-14-5-2-1-3-6-14/h1-3,5-6,15-16,18H,4,7-13H2,(H,19,21)/t15-,16?/m1/s1. The Morgan fingerprint density at radius 2 is 2.14 bits per heavy atom. The molecule has 1 aromatic rings. The van der Waals surface area contributed by atoms with Gasteiger partial charge in [0.25, 0.3) is 0 Å². The molecule has 1 amide bonds. The molecule has 0 radical (unpaired) electrons. The van der Waals surface area contributed by atoms with Crippen LogP contribution in [-0.2, 0) is 11.3 Å². The van der Waals surface area contributed by atoms with Gasteiger partial charge in [-0.15, -0.1) is 0 Å². The first-order valence-electron chi connectivity index (χ1n) is 8.08. The van der Waals surface area contributed by atoms with Gasteiger partial charge in [0, 0.05) is 32.2 Å². The summed E-state index contributed by atoms with van der Waals surface area (Å²) in [5, 5.41) is 6.55. The number of hydrogen-bond acceptors (Lipinski definition) is 3. The third-order valence-corrected chi connectivity index (χ3v) is 4.54. The molecule has 2 heterocycles. The average Bonchev–Trinajstić information content (AvgIpc) is 2.96. The van der Waals surface area contributed by atoms with Gasteiger partial charge in [0.2, 0.25) is 5.91 Å². The first kappa shape index (κ1) is 14.5. The molecule has 4 heteroatoms. The fourth-order valence-electron chi connectivity index (χ4n) is 3.33. The quantitative estimate of drug-likeness (QED) is 0.879. The summed E-state index contributed by atoms with van der Waals surface area (Å²) in [5.74, 6) is 0.413. The molecule has 2 aliphatic rings. The van der Waals surface area contributed by atoms with Gasteiger partial charge in [-0.2, -0.15) is 0 Å². The van der Waals surface area contributed by atoms with E-state index in [9.17, 15) is 4.79 Å². The molecule has 2 atom stereocenters. The normalized spacial score (nSPS) is 26.7. The van der Waals surface area contributed by atoms with Gasteiger partial charge in [-0.05, 0) is 31.4 Å². The number of likely N-dealkylation sites (tertiary alicyclic amines) is 1. The molecule has 0 bridgehead atoms. The molecule has 21 heavy (non-hydrogen) atoms. The highest BCUT2D eigenvalue weighted by molar-refractivity contribution is 5.79. The molecular formula is C17H25N3O. The van der Waals surface area contributed by atoms with Crippen molar-refractivity contribution in [2.75, 3.05) is 26.2 Å². The van der Waals surface area contributed by atoms with E-state index < -0.39 is 0 Å². The Labute approximate surface area is 126 Å². The second kappa shape index (κ2) is 7.05. The van der Waals surface area contributed by atoms with E-state index in [1.165, 1.54) is 5.56 Å². The first-order valence-corrected chi connectivity index (χ1v) is 8.08. The minimum absolute atomic E-state index is 0.168. The fraction of sp³-hybridized carbons (Fsp3) is 0.588. The molecule has 0 aliphatic carbocycles. The molecule has 1 aromatic carbocycles. The predicted molar refractivity (Wildman–Crippen MR) is 83.9 cm³/mol. The molecule has 3 rings (SSSR count). The lowest BCUT2D eigenvalue weighted by Gasteiger charge is -2.24. The maximum Gasteiger partial charge on any atom is 0.224 e. The van der Waals surface area contributed by atoms with E-state index in [-0.39, 0.29) is 11.8 Å². The summed E-state index contributed by atoms with van der Waals surface area (Å²) in [6.07, 6.45) is 3.21. The van der Waals surface area contributed by atoms with E-state index in [0.717, 1.165) is 52.0 Å². The smallest absolute Gasteiger partial charge is 0.224 e. The van der Waals surface area contributed by atoms with Gasteiger partial charge < -0.3 is 10.6 Å². The maximum absolute atomic E-state index is 12.2. The van der Waals surface area contributed by atoms with Crippen LogP contribution in [0.1, 0.15) is 24.8 Å². The number of hydrogen-bond donors (Lipinski definition) is 2. The first-order chi connectivity index (χ1) is 10.3. The van der Waals surface area contributed by atoms with E-state index >= 15 is 0 Å². The van der Waals surface area contributed by atoms with Crippen LogP contribution in [0, 0.1) is 5.92 Å². The number of nitrogens with one attached hydrogen (secondary N) is 2. The number of nitrogens with zero attached hydrogens (tertiary/aromatic N) is 1. The van der Waals surface area contributed by atoms with Crippen LogP contribution in [0.25, 0.3) is 0 Å². The summed E-state index contributed by atoms with van der Waals surface area (Å²) in [4.78, 5) is 14.7. The van der Waals surface area contributed by atoms with Crippen LogP contribution in [0.4, 0.5) is 0 Å². The number of benzene rings is 1. The summed E-state index contributed by atoms with van der Waals surface area (Å²) in [5.41, 5.74) is 1.35. The monoisotopic (exact) mass is 287 g/mol. The number of amides is 1. The number of carbonyl (C=O) groups excluding carboxylic acids is 1. The molecule has 0 aromatic heterocycles. The molecule has 2 aliphatic heterocycles. The van der Waals surface area contributed by atoms with Gasteiger partial charge in [-0.25, -0.2) is 0 Å². The molecule has 2 saturated heterocycles. The van der Waals surface area contributed by atoms with Crippen molar-refractivity contribution in [2.24, 2.45) is 5.92 Å². The highest BCUT2D eigenvalue weighted by Crippen LogP contribution is 2.15. The highest BCUT2D eigenvalue weighted by Gasteiger charge is 2.27. The van der Waals surface area contributed by atoms with Crippen molar-refractivity contribution in [3.63, 3.8) is 0 Å². The van der Waals surface area contributed by atoms with Gasteiger partial charge in [0.15, 0.2) is 0 Å². The van der Waals surface area contributed by atoms with Gasteiger partial charge in [-0.1, -0.05) is 30.3 Å². The van der Waals surface area contributed by atoms with E-state index in [2.05, 4.69) is 45.9 Å². The molecule has 1 unspecified atom stereocenters. The molecule has 0 saturated carbocycles. The summed E-state index contributed by atoms with van der Waals surface area (Å²) >= 11 is 0. The largest absolute Gasteiger partial charge is 0.352 e. The molecule has 4 nitrogen and oxygen atoms in total. The fourth-order valence-corrected chi connectivity index (χ4v) is 3.33. The van der Waals surface area contributed by atoms with Gasteiger partial charge in [-0.3, -0.25) is 9.69 Å². The minimum Gasteiger partial charge on any atom is -0.352 e. The van der Waals surface area contributed by atoms with E-state index in [4.69, 9.17) is 0 Å². The van der Waals surface area contributed by atoms with E-state index in [0.29, 0.717) is 6.04 Å². The maximum atomic E-state index is 12.2. The Bertz CT molecular complexity index is 456. The Kier molecular flexibility index (Phi) is 4.88. The minimum atomic E-state index is 0.168. The van der Waals surface area contributed by atoms with Crippen LogP contribution in [0.2, 0.25) is 0 Å². The van der Waals surface area contributed by atoms with Crippen molar-refractivity contribution in [1.82, 2.24) is 15.5 Å². The molecule has 114 valence electrons. The third-order valence-electron chi connectivity index (χ3n) is 4.54. The van der Waals surface area contributed by atoms with Crippen molar-refractivity contribution in [3.8, 4) is 0 Å². The van der Waals surface area contributed by atoms with Crippen LogP contribution in [-0.4, -0.2) is 43.0 Å². The lowest BCUT2D eigenvalue weighted by atomic mass is 9.98. The Morgan fingerprint density at radius 3 is 2.90 bits per heavy atom. The molecule has 0 spiro atoms. The van der Waals surface area contributed by atoms with Crippen LogP contribution < -0.4 is 10.6 Å². The van der Waals surface area contributed by atoms with Crippen LogP contribution in [0.5, 0.6) is 0 Å². The summed E-state index contributed by atoms with van der Waals surface area (Å²) in [6.45, 7) is 4.92. The second-order valence-corrected chi connectivity index (χ2v) is 6.26. The zero-order chi connectivity index (χ0) is 14.5. The van der Waals surface area contributed by atoms with Gasteiger partial charge in [0.05, 0.1) is 5.92 Å². The second-order valence-electron chi connectivity index (χ2n) is 6.26. The van der Waals surface area contributed by atoms with Crippen molar-refractivity contribution >= 4 is 5.91 Å². The Morgan fingerprint density at radius 1 is 1.29 bits per heavy atom. The number of carbonyl (C=O) groups is 1. The topological polar surface area (TPSA) is 44.4 Å². The van der Waals surface area contributed by atoms with Crippen LogP contribution in [0.15, 0.2) is 30.3 Å². The summed E-state index contributed by atoms with van der Waals surface area (Å²) in [7, 11) is 0. The van der Waals surface area contributed by atoms with Crippen molar-refractivity contribution in [2.45, 2.75) is 31.8 Å². The summed E-state index contributed by atoms with van der Waals surface area (Å²) < 4.78 is 0. The molecule has 2 N–H and O–H groups in total. The Hall–Kier alpha value is -1.39. The van der Waals surface area contributed by atoms with E-state index in [1.807, 2.05) is 0 Å². The van der Waals surface area contributed by atoms with Crippen molar-refractivity contribution in [1.29, 1.82) is 0 Å². The van der Waals surface area contributed by atoms with Crippen molar-refractivity contribution < 1.29 is 4.79 Å². The molecule has 2 fully saturated rings. The van der Waals surface area contributed by atoms with Crippen molar-refractivity contribution in [3.05, 3.63) is 35.9 Å².